The summed E-state index contributed by atoms with van der Waals surface area (Å²) in [5.41, 5.74) is 0.984. The van der Waals surface area contributed by atoms with Crippen LogP contribution in [0.3, 0.4) is 0 Å². The molecule has 2 aromatic rings. The van der Waals surface area contributed by atoms with Crippen molar-refractivity contribution in [1.82, 2.24) is 5.32 Å². The highest BCUT2D eigenvalue weighted by molar-refractivity contribution is 9.10. The Hall–Kier alpha value is -1.93. The number of carbonyl (C=O) groups is 1. The third kappa shape index (κ3) is 7.78. The lowest BCUT2D eigenvalue weighted by Crippen LogP contribution is -2.33. The summed E-state index contributed by atoms with van der Waals surface area (Å²) in [6, 6.07) is 11.0. The second-order valence-corrected chi connectivity index (χ2v) is 10.6. The molecule has 8 heteroatoms. The zero-order valence-electron chi connectivity index (χ0n) is 16.7. The molecule has 0 saturated carbocycles. The predicted molar refractivity (Wildman–Crippen MR) is 114 cm³/mol. The molecule has 5 nitrogen and oxygen atoms in total. The van der Waals surface area contributed by atoms with Crippen molar-refractivity contribution in [3.63, 3.8) is 0 Å². The van der Waals surface area contributed by atoms with Gasteiger partial charge in [-0.25, -0.2) is 17.6 Å². The minimum atomic E-state index is -3.82. The van der Waals surface area contributed by atoms with E-state index >= 15 is 0 Å². The second kappa shape index (κ2) is 9.71. The summed E-state index contributed by atoms with van der Waals surface area (Å²) in [7, 11) is -3.82. The van der Waals surface area contributed by atoms with Gasteiger partial charge in [-0.3, -0.25) is 0 Å². The number of sulfone groups is 1. The Bertz CT molecular complexity index is 971. The van der Waals surface area contributed by atoms with E-state index in [-0.39, 0.29) is 10.6 Å². The van der Waals surface area contributed by atoms with E-state index in [4.69, 9.17) is 4.74 Å². The number of aryl methyl sites for hydroxylation is 1. The maximum Gasteiger partial charge on any atom is 0.407 e. The average molecular weight is 486 g/mol. The number of hydrogen-bond acceptors (Lipinski definition) is 4. The van der Waals surface area contributed by atoms with Crippen molar-refractivity contribution in [2.75, 3.05) is 6.54 Å². The fourth-order valence-electron chi connectivity index (χ4n) is 2.68. The lowest BCUT2D eigenvalue weighted by atomic mass is 10.1. The number of hydrogen-bond donors (Lipinski definition) is 1. The van der Waals surface area contributed by atoms with Crippen molar-refractivity contribution in [3.05, 3.63) is 63.9 Å². The molecule has 0 radical (unpaired) electrons. The first-order chi connectivity index (χ1) is 13.5. The van der Waals surface area contributed by atoms with Gasteiger partial charge < -0.3 is 10.1 Å². The minimum Gasteiger partial charge on any atom is -0.444 e. The molecule has 0 heterocycles. The van der Waals surface area contributed by atoms with Gasteiger partial charge in [-0.2, -0.15) is 0 Å². The second-order valence-electron chi connectivity index (χ2n) is 7.69. The number of rotatable bonds is 7. The smallest absolute Gasteiger partial charge is 0.407 e. The quantitative estimate of drug-likeness (QED) is 0.558. The van der Waals surface area contributed by atoms with Crippen LogP contribution < -0.4 is 5.32 Å². The molecule has 0 spiro atoms. The van der Waals surface area contributed by atoms with Crippen LogP contribution in [0.5, 0.6) is 0 Å². The average Bonchev–Trinajstić information content (AvgIpc) is 2.59. The number of nitrogens with one attached hydrogen (secondary N) is 1. The topological polar surface area (TPSA) is 72.5 Å². The molecule has 0 bridgehead atoms. The fraction of sp³-hybridized carbons (Fsp3) is 0.381. The molecule has 2 rings (SSSR count). The van der Waals surface area contributed by atoms with Gasteiger partial charge in [-0.15, -0.1) is 0 Å². The van der Waals surface area contributed by atoms with Crippen LogP contribution in [0, 0.1) is 5.82 Å². The molecule has 0 fully saturated rings. The van der Waals surface area contributed by atoms with Crippen LogP contribution in [-0.4, -0.2) is 26.7 Å². The molecule has 29 heavy (non-hydrogen) atoms. The Balaban J connectivity index is 1.96. The Labute approximate surface area is 179 Å². The van der Waals surface area contributed by atoms with Gasteiger partial charge in [-0.05, 0) is 62.9 Å². The first-order valence-corrected chi connectivity index (χ1v) is 11.6. The van der Waals surface area contributed by atoms with E-state index in [1.54, 1.807) is 39.0 Å². The number of alkyl carbamates (subject to hydrolysis) is 1. The van der Waals surface area contributed by atoms with Crippen LogP contribution in [0.4, 0.5) is 9.18 Å². The van der Waals surface area contributed by atoms with Crippen LogP contribution >= 0.6 is 15.9 Å². The Morgan fingerprint density at radius 3 is 2.52 bits per heavy atom. The van der Waals surface area contributed by atoms with Crippen molar-refractivity contribution in [3.8, 4) is 0 Å². The molecule has 0 unspecified atom stereocenters. The maximum absolute atomic E-state index is 14.0. The van der Waals surface area contributed by atoms with Crippen LogP contribution in [0.25, 0.3) is 0 Å². The molecular formula is C21H25BrFNO4S. The van der Waals surface area contributed by atoms with Gasteiger partial charge in [0.1, 0.15) is 16.3 Å². The van der Waals surface area contributed by atoms with Crippen LogP contribution in [-0.2, 0) is 26.7 Å². The van der Waals surface area contributed by atoms with Crippen molar-refractivity contribution in [1.29, 1.82) is 0 Å². The molecule has 0 saturated heterocycles. The molecule has 0 aliphatic heterocycles. The van der Waals surface area contributed by atoms with Gasteiger partial charge in [0, 0.05) is 11.0 Å². The van der Waals surface area contributed by atoms with Gasteiger partial charge >= 0.3 is 6.09 Å². The summed E-state index contributed by atoms with van der Waals surface area (Å²) in [5, 5.41) is 2.69. The number of amides is 1. The SMILES string of the molecule is CC(C)(C)OC(=O)NCCCc1cccc(CS(=O)(=O)c2cc(Br)ccc2F)c1. The van der Waals surface area contributed by atoms with Gasteiger partial charge in [0.25, 0.3) is 0 Å². The molecule has 0 aliphatic rings. The van der Waals surface area contributed by atoms with E-state index in [9.17, 15) is 17.6 Å². The number of carbonyl (C=O) groups excluding carboxylic acids is 1. The molecule has 0 aromatic heterocycles. The standard InChI is InChI=1S/C21H25BrFNO4S/c1-21(2,3)28-20(25)24-11-5-8-15-6-4-7-16(12-15)14-29(26,27)19-13-17(22)9-10-18(19)23/h4,6-7,9-10,12-13H,5,8,11,14H2,1-3H3,(H,24,25). The first-order valence-electron chi connectivity index (χ1n) is 9.19. The third-order valence-electron chi connectivity index (χ3n) is 3.89. The summed E-state index contributed by atoms with van der Waals surface area (Å²) in [4.78, 5) is 11.3. The van der Waals surface area contributed by atoms with E-state index in [2.05, 4.69) is 21.2 Å². The highest BCUT2D eigenvalue weighted by Gasteiger charge is 2.20. The zero-order valence-corrected chi connectivity index (χ0v) is 19.1. The van der Waals surface area contributed by atoms with Crippen LogP contribution in [0.1, 0.15) is 38.3 Å². The largest absolute Gasteiger partial charge is 0.444 e. The molecule has 0 aliphatic carbocycles. The monoisotopic (exact) mass is 485 g/mol. The fourth-order valence-corrected chi connectivity index (χ4v) is 4.64. The van der Waals surface area contributed by atoms with Gasteiger partial charge in [0.05, 0.1) is 5.75 Å². The number of ether oxygens (including phenoxy) is 1. The summed E-state index contributed by atoms with van der Waals surface area (Å²) >= 11 is 3.18. The molecule has 2 aromatic carbocycles. The van der Waals surface area contributed by atoms with E-state index in [0.29, 0.717) is 29.4 Å². The van der Waals surface area contributed by atoms with Crippen molar-refractivity contribution in [2.24, 2.45) is 0 Å². The Kier molecular flexibility index (Phi) is 7.82. The van der Waals surface area contributed by atoms with Crippen molar-refractivity contribution >= 4 is 31.9 Å². The molecule has 158 valence electrons. The lowest BCUT2D eigenvalue weighted by Gasteiger charge is -2.19. The van der Waals surface area contributed by atoms with Crippen molar-refractivity contribution < 1.29 is 22.3 Å². The first kappa shape index (κ1) is 23.3. The van der Waals surface area contributed by atoms with Crippen LogP contribution in [0.15, 0.2) is 51.8 Å². The zero-order chi connectivity index (χ0) is 21.7. The van der Waals surface area contributed by atoms with E-state index < -0.39 is 27.3 Å². The number of benzene rings is 2. The third-order valence-corrected chi connectivity index (χ3v) is 6.08. The molecule has 0 atom stereocenters. The molecule has 1 amide bonds. The Morgan fingerprint density at radius 1 is 1.14 bits per heavy atom. The highest BCUT2D eigenvalue weighted by Crippen LogP contribution is 2.24. The predicted octanol–water partition coefficient (Wildman–Crippen LogP) is 5.02. The van der Waals surface area contributed by atoms with Gasteiger partial charge in [0.2, 0.25) is 0 Å². The van der Waals surface area contributed by atoms with E-state index in [1.807, 2.05) is 6.07 Å². The summed E-state index contributed by atoms with van der Waals surface area (Å²) < 4.78 is 44.9. The van der Waals surface area contributed by atoms with E-state index in [0.717, 1.165) is 11.6 Å². The number of halogens is 2. The Morgan fingerprint density at radius 2 is 1.83 bits per heavy atom. The van der Waals surface area contributed by atoms with Gasteiger partial charge in [0.15, 0.2) is 9.84 Å². The minimum absolute atomic E-state index is 0.287. The van der Waals surface area contributed by atoms with Gasteiger partial charge in [-0.1, -0.05) is 40.2 Å². The normalized spacial score (nSPS) is 11.9. The lowest BCUT2D eigenvalue weighted by molar-refractivity contribution is 0.0527. The summed E-state index contributed by atoms with van der Waals surface area (Å²) in [6.45, 7) is 5.84. The summed E-state index contributed by atoms with van der Waals surface area (Å²) in [6.07, 6.45) is 0.873. The van der Waals surface area contributed by atoms with Crippen molar-refractivity contribution in [2.45, 2.75) is 49.9 Å². The maximum atomic E-state index is 14.0. The van der Waals surface area contributed by atoms with E-state index in [1.165, 1.54) is 12.1 Å². The summed E-state index contributed by atoms with van der Waals surface area (Å²) in [5.74, 6) is -1.05. The molecule has 1 N–H and O–H groups in total. The molecular weight excluding hydrogens is 461 g/mol. The van der Waals surface area contributed by atoms with Crippen LogP contribution in [0.2, 0.25) is 0 Å². The highest BCUT2D eigenvalue weighted by atomic mass is 79.9.